The maximum atomic E-state index is 12.8. The van der Waals surface area contributed by atoms with Crippen LogP contribution in [0, 0.1) is 18.8 Å². The van der Waals surface area contributed by atoms with Crippen molar-refractivity contribution in [3.63, 3.8) is 0 Å². The molecule has 0 amide bonds. The Morgan fingerprint density at radius 2 is 2.00 bits per heavy atom. The number of ether oxygens (including phenoxy) is 1. The van der Waals surface area contributed by atoms with Gasteiger partial charge < -0.3 is 9.84 Å². The molecule has 0 heterocycles. The Hall–Kier alpha value is -1.06. The number of benzene rings is 1. The van der Waals surface area contributed by atoms with Crippen LogP contribution in [0.15, 0.2) is 12.1 Å². The van der Waals surface area contributed by atoms with Crippen molar-refractivity contribution < 1.29 is 14.6 Å². The monoisotopic (exact) mass is 308 g/mol. The summed E-state index contributed by atoms with van der Waals surface area (Å²) in [6.07, 6.45) is 3.35. The predicted molar refractivity (Wildman–Crippen MR) is 81.9 cm³/mol. The van der Waals surface area contributed by atoms with Gasteiger partial charge in [-0.15, -0.1) is 0 Å². The fourth-order valence-electron chi connectivity index (χ4n) is 4.07. The van der Waals surface area contributed by atoms with Crippen LogP contribution < -0.4 is 4.74 Å². The molecule has 0 saturated heterocycles. The first kappa shape index (κ1) is 14.9. The van der Waals surface area contributed by atoms with Crippen LogP contribution in [0.2, 0.25) is 5.02 Å². The molecular formula is C17H21ClO3. The molecule has 114 valence electrons. The first-order valence-electron chi connectivity index (χ1n) is 7.60. The van der Waals surface area contributed by atoms with Crippen molar-refractivity contribution in [2.75, 3.05) is 7.11 Å². The molecule has 0 aromatic heterocycles. The smallest absolute Gasteiger partial charge is 0.146 e. The Morgan fingerprint density at radius 1 is 1.29 bits per heavy atom. The van der Waals surface area contributed by atoms with Gasteiger partial charge in [-0.2, -0.15) is 0 Å². The largest absolute Gasteiger partial charge is 0.496 e. The van der Waals surface area contributed by atoms with E-state index in [2.05, 4.69) is 0 Å². The van der Waals surface area contributed by atoms with Gasteiger partial charge in [0, 0.05) is 16.5 Å². The molecule has 0 radical (unpaired) electrons. The molecule has 2 saturated carbocycles. The molecule has 0 bridgehead atoms. The van der Waals surface area contributed by atoms with E-state index < -0.39 is 12.0 Å². The normalized spacial score (nSPS) is 32.1. The van der Waals surface area contributed by atoms with Crippen LogP contribution in [0.1, 0.15) is 42.7 Å². The van der Waals surface area contributed by atoms with E-state index in [4.69, 9.17) is 16.3 Å². The van der Waals surface area contributed by atoms with Crippen molar-refractivity contribution in [3.8, 4) is 5.75 Å². The lowest BCUT2D eigenvalue weighted by Crippen LogP contribution is -2.24. The van der Waals surface area contributed by atoms with Gasteiger partial charge in [0.25, 0.3) is 0 Å². The number of methoxy groups -OCH3 is 1. The van der Waals surface area contributed by atoms with Crippen molar-refractivity contribution in [1.82, 2.24) is 0 Å². The summed E-state index contributed by atoms with van der Waals surface area (Å²) in [6, 6.07) is 3.71. The molecule has 3 rings (SSSR count). The number of Topliss-reactive ketones (excluding diaryl/α,β-unsaturated/α-hetero) is 1. The van der Waals surface area contributed by atoms with E-state index in [1.165, 1.54) is 0 Å². The van der Waals surface area contributed by atoms with E-state index in [-0.39, 0.29) is 17.6 Å². The van der Waals surface area contributed by atoms with Gasteiger partial charge in [-0.25, -0.2) is 0 Å². The van der Waals surface area contributed by atoms with Crippen LogP contribution in [0.5, 0.6) is 5.75 Å². The molecule has 1 N–H and O–H groups in total. The lowest BCUT2D eigenvalue weighted by Gasteiger charge is -2.25. The molecule has 0 aliphatic heterocycles. The molecule has 4 atom stereocenters. The van der Waals surface area contributed by atoms with Crippen LogP contribution in [-0.2, 0) is 4.79 Å². The van der Waals surface area contributed by atoms with E-state index in [9.17, 15) is 9.90 Å². The highest BCUT2D eigenvalue weighted by Crippen LogP contribution is 2.50. The molecular weight excluding hydrogens is 288 g/mol. The Kier molecular flexibility index (Phi) is 3.98. The predicted octanol–water partition coefficient (Wildman–Crippen LogP) is 3.49. The van der Waals surface area contributed by atoms with Gasteiger partial charge in [0.2, 0.25) is 0 Å². The molecule has 4 heteroatoms. The number of hydrogen-bond donors (Lipinski definition) is 1. The zero-order chi connectivity index (χ0) is 15.1. The molecule has 21 heavy (non-hydrogen) atoms. The summed E-state index contributed by atoms with van der Waals surface area (Å²) in [5.74, 6) is 0.271. The third kappa shape index (κ3) is 2.36. The summed E-state index contributed by atoms with van der Waals surface area (Å²) in [4.78, 5) is 12.8. The topological polar surface area (TPSA) is 46.5 Å². The summed E-state index contributed by atoms with van der Waals surface area (Å²) in [5, 5.41) is 11.2. The van der Waals surface area contributed by atoms with Crippen LogP contribution in [-0.4, -0.2) is 24.1 Å². The number of aryl methyl sites for hydroxylation is 1. The number of aliphatic hydroxyl groups is 1. The highest BCUT2D eigenvalue weighted by molar-refractivity contribution is 6.32. The van der Waals surface area contributed by atoms with E-state index in [1.54, 1.807) is 7.11 Å². The third-order valence-corrected chi connectivity index (χ3v) is 5.35. The molecule has 0 spiro atoms. The quantitative estimate of drug-likeness (QED) is 0.909. The average molecular weight is 309 g/mol. The highest BCUT2D eigenvalue weighted by atomic mass is 35.5. The first-order valence-corrected chi connectivity index (χ1v) is 7.98. The van der Waals surface area contributed by atoms with Gasteiger partial charge in [-0.3, -0.25) is 4.79 Å². The molecule has 3 nitrogen and oxygen atoms in total. The Labute approximate surface area is 130 Å². The lowest BCUT2D eigenvalue weighted by atomic mass is 9.81. The van der Waals surface area contributed by atoms with Gasteiger partial charge in [0.15, 0.2) is 0 Å². The number of carbonyl (C=O) groups is 1. The Bertz CT molecular complexity index is 569. The molecule has 2 aliphatic rings. The van der Waals surface area contributed by atoms with E-state index in [0.29, 0.717) is 16.3 Å². The lowest BCUT2D eigenvalue weighted by molar-refractivity contribution is -0.123. The second kappa shape index (κ2) is 5.62. The number of carbonyl (C=O) groups excluding carboxylic acids is 1. The summed E-state index contributed by atoms with van der Waals surface area (Å²) in [5.41, 5.74) is 1.65. The van der Waals surface area contributed by atoms with Crippen LogP contribution >= 0.6 is 11.6 Å². The first-order chi connectivity index (χ1) is 10.0. The average Bonchev–Trinajstić information content (AvgIpc) is 2.71. The zero-order valence-electron chi connectivity index (χ0n) is 12.4. The number of halogens is 1. The number of fused-ring (bicyclic) bond motifs is 1. The van der Waals surface area contributed by atoms with Crippen LogP contribution in [0.25, 0.3) is 0 Å². The van der Waals surface area contributed by atoms with Gasteiger partial charge in [-0.1, -0.05) is 24.4 Å². The number of aliphatic hydroxyl groups excluding tert-OH is 1. The van der Waals surface area contributed by atoms with Crippen LogP contribution in [0.4, 0.5) is 0 Å². The minimum absolute atomic E-state index is 0.0131. The SMILES string of the molecule is COc1cc(C)cc(Cl)c1C1C(=O)C2CCCCC2C1O. The fourth-order valence-corrected chi connectivity index (χ4v) is 4.46. The highest BCUT2D eigenvalue weighted by Gasteiger charge is 2.51. The van der Waals surface area contributed by atoms with Crippen molar-refractivity contribution in [2.24, 2.45) is 11.8 Å². The number of hydrogen-bond acceptors (Lipinski definition) is 3. The van der Waals surface area contributed by atoms with Gasteiger partial charge >= 0.3 is 0 Å². The zero-order valence-corrected chi connectivity index (χ0v) is 13.2. The van der Waals surface area contributed by atoms with E-state index in [1.807, 2.05) is 19.1 Å². The van der Waals surface area contributed by atoms with Gasteiger partial charge in [0.1, 0.15) is 11.5 Å². The van der Waals surface area contributed by atoms with Gasteiger partial charge in [-0.05, 0) is 43.4 Å². The standard InChI is InChI=1S/C17H21ClO3/c1-9-7-12(18)14(13(8-9)21-2)15-16(19)10-5-3-4-6-11(10)17(15)20/h7-8,10-11,15-16,19H,3-6H2,1-2H3. The van der Waals surface area contributed by atoms with Crippen molar-refractivity contribution in [1.29, 1.82) is 0 Å². The summed E-state index contributed by atoms with van der Waals surface area (Å²) < 4.78 is 5.42. The molecule has 4 unspecified atom stereocenters. The molecule has 1 aromatic carbocycles. The molecule has 2 fully saturated rings. The summed E-state index contributed by atoms with van der Waals surface area (Å²) >= 11 is 6.38. The number of ketones is 1. The van der Waals surface area contributed by atoms with Crippen molar-refractivity contribution >= 4 is 17.4 Å². The maximum Gasteiger partial charge on any atom is 0.146 e. The minimum Gasteiger partial charge on any atom is -0.496 e. The van der Waals surface area contributed by atoms with E-state index in [0.717, 1.165) is 31.2 Å². The Morgan fingerprint density at radius 3 is 2.67 bits per heavy atom. The fraction of sp³-hybridized carbons (Fsp3) is 0.588. The van der Waals surface area contributed by atoms with Gasteiger partial charge in [0.05, 0.1) is 19.1 Å². The summed E-state index contributed by atoms with van der Waals surface area (Å²) in [6.45, 7) is 1.94. The van der Waals surface area contributed by atoms with Crippen molar-refractivity contribution in [3.05, 3.63) is 28.3 Å². The number of rotatable bonds is 2. The molecule has 1 aromatic rings. The Balaban J connectivity index is 2.06. The van der Waals surface area contributed by atoms with E-state index >= 15 is 0 Å². The summed E-state index contributed by atoms with van der Waals surface area (Å²) in [7, 11) is 1.58. The maximum absolute atomic E-state index is 12.8. The van der Waals surface area contributed by atoms with Crippen molar-refractivity contribution in [2.45, 2.75) is 44.6 Å². The third-order valence-electron chi connectivity index (χ3n) is 5.04. The second-order valence-corrected chi connectivity index (χ2v) is 6.70. The van der Waals surface area contributed by atoms with Crippen LogP contribution in [0.3, 0.4) is 0 Å². The molecule has 2 aliphatic carbocycles. The minimum atomic E-state index is -0.642. The second-order valence-electron chi connectivity index (χ2n) is 6.29.